The lowest BCUT2D eigenvalue weighted by molar-refractivity contribution is -0.131. The molecule has 2 rings (SSSR count). The Hall–Kier alpha value is -1.30. The minimum atomic E-state index is 0.00356. The van der Waals surface area contributed by atoms with Crippen LogP contribution in [0, 0.1) is 0 Å². The van der Waals surface area contributed by atoms with Crippen molar-refractivity contribution in [3.05, 3.63) is 0 Å². The van der Waals surface area contributed by atoms with Gasteiger partial charge in [0.05, 0.1) is 6.61 Å². The minimum absolute atomic E-state index is 0.00356. The summed E-state index contributed by atoms with van der Waals surface area (Å²) in [6.07, 6.45) is 5.41. The molecule has 2 fully saturated rings. The summed E-state index contributed by atoms with van der Waals surface area (Å²) in [5.74, 6) is 0.0257. The van der Waals surface area contributed by atoms with E-state index in [2.05, 4.69) is 0 Å². The maximum Gasteiger partial charge on any atom is 0.320 e. The van der Waals surface area contributed by atoms with Crippen molar-refractivity contribution in [3.8, 4) is 0 Å². The monoisotopic (exact) mass is 297 g/mol. The fraction of sp³-hybridized carbons (Fsp3) is 0.867. The van der Waals surface area contributed by atoms with Gasteiger partial charge in [-0.2, -0.15) is 0 Å². The van der Waals surface area contributed by atoms with Gasteiger partial charge in [0.2, 0.25) is 5.91 Å². The maximum atomic E-state index is 12.6. The molecule has 21 heavy (non-hydrogen) atoms. The molecule has 0 N–H and O–H groups in total. The van der Waals surface area contributed by atoms with Crippen LogP contribution >= 0.6 is 0 Å². The van der Waals surface area contributed by atoms with Crippen LogP contribution in [0.2, 0.25) is 0 Å². The van der Waals surface area contributed by atoms with Crippen molar-refractivity contribution in [3.63, 3.8) is 0 Å². The van der Waals surface area contributed by atoms with Gasteiger partial charge in [0.25, 0.3) is 0 Å². The first-order valence-corrected chi connectivity index (χ1v) is 7.92. The Morgan fingerprint density at radius 2 is 2.00 bits per heavy atom. The Labute approximate surface area is 127 Å². The van der Waals surface area contributed by atoms with Crippen molar-refractivity contribution in [1.82, 2.24) is 14.7 Å². The molecule has 0 bridgehead atoms. The van der Waals surface area contributed by atoms with Gasteiger partial charge in [-0.25, -0.2) is 4.79 Å². The minimum Gasteiger partial charge on any atom is -0.383 e. The molecule has 0 aromatic carbocycles. The highest BCUT2D eigenvalue weighted by Gasteiger charge is 2.30. The highest BCUT2D eigenvalue weighted by atomic mass is 16.5. The van der Waals surface area contributed by atoms with Gasteiger partial charge in [-0.15, -0.1) is 0 Å². The van der Waals surface area contributed by atoms with E-state index in [1.165, 1.54) is 12.8 Å². The molecule has 0 aromatic rings. The smallest absolute Gasteiger partial charge is 0.320 e. The second kappa shape index (κ2) is 7.64. The van der Waals surface area contributed by atoms with E-state index in [1.807, 2.05) is 11.9 Å². The molecule has 0 spiro atoms. The number of carbonyl (C=O) groups excluding carboxylic acids is 2. The summed E-state index contributed by atoms with van der Waals surface area (Å²) >= 11 is 0. The fourth-order valence-electron chi connectivity index (χ4n) is 3.19. The molecule has 1 saturated carbocycles. The third-order valence-corrected chi connectivity index (χ3v) is 4.54. The largest absolute Gasteiger partial charge is 0.383 e. The summed E-state index contributed by atoms with van der Waals surface area (Å²) in [4.78, 5) is 30.1. The molecular weight excluding hydrogens is 270 g/mol. The fourth-order valence-corrected chi connectivity index (χ4v) is 3.19. The van der Waals surface area contributed by atoms with E-state index in [4.69, 9.17) is 4.74 Å². The zero-order chi connectivity index (χ0) is 15.2. The molecule has 1 aliphatic carbocycles. The number of nitrogens with zero attached hydrogens (tertiary/aromatic N) is 3. The number of amides is 3. The van der Waals surface area contributed by atoms with E-state index in [0.717, 1.165) is 19.3 Å². The van der Waals surface area contributed by atoms with E-state index in [9.17, 15) is 9.59 Å². The number of urea groups is 1. The number of carbonyl (C=O) groups is 2. The molecule has 0 aromatic heterocycles. The quantitative estimate of drug-likeness (QED) is 0.782. The predicted molar refractivity (Wildman–Crippen MR) is 80.1 cm³/mol. The Balaban J connectivity index is 1.91. The summed E-state index contributed by atoms with van der Waals surface area (Å²) in [7, 11) is 3.51. The summed E-state index contributed by atoms with van der Waals surface area (Å²) in [5, 5.41) is 0. The Kier molecular flexibility index (Phi) is 5.85. The molecule has 6 nitrogen and oxygen atoms in total. The molecule has 0 radical (unpaired) electrons. The first-order valence-electron chi connectivity index (χ1n) is 7.92. The van der Waals surface area contributed by atoms with E-state index in [1.54, 1.807) is 16.9 Å². The first-order chi connectivity index (χ1) is 10.1. The molecule has 1 heterocycles. The SMILES string of the molecule is COCCN1CCCN(C(=O)N(C)C2CCCC2)CC1=O. The second-order valence-corrected chi connectivity index (χ2v) is 5.98. The van der Waals surface area contributed by atoms with Crippen molar-refractivity contribution < 1.29 is 14.3 Å². The molecule has 120 valence electrons. The summed E-state index contributed by atoms with van der Waals surface area (Å²) in [6, 6.07) is 0.351. The molecule has 6 heteroatoms. The Bertz CT molecular complexity index is 369. The highest BCUT2D eigenvalue weighted by Crippen LogP contribution is 2.23. The molecule has 0 unspecified atom stereocenters. The first kappa shape index (κ1) is 16.1. The average Bonchev–Trinajstić information content (AvgIpc) is 2.95. The van der Waals surface area contributed by atoms with Crippen LogP contribution in [0.15, 0.2) is 0 Å². The van der Waals surface area contributed by atoms with Crippen LogP contribution in [-0.4, -0.2) is 79.6 Å². The maximum absolute atomic E-state index is 12.6. The number of methoxy groups -OCH3 is 1. The Morgan fingerprint density at radius 3 is 2.67 bits per heavy atom. The van der Waals surface area contributed by atoms with Crippen molar-refractivity contribution in [2.75, 3.05) is 46.9 Å². The van der Waals surface area contributed by atoms with Gasteiger partial charge >= 0.3 is 6.03 Å². The summed E-state index contributed by atoms with van der Waals surface area (Å²) in [5.41, 5.74) is 0. The van der Waals surface area contributed by atoms with Crippen LogP contribution < -0.4 is 0 Å². The molecule has 1 saturated heterocycles. The summed E-state index contributed by atoms with van der Waals surface area (Å²) < 4.78 is 5.03. The van der Waals surface area contributed by atoms with Crippen molar-refractivity contribution in [2.24, 2.45) is 0 Å². The second-order valence-electron chi connectivity index (χ2n) is 5.98. The molecule has 2 aliphatic rings. The van der Waals surface area contributed by atoms with Gasteiger partial charge in [0.1, 0.15) is 6.54 Å². The van der Waals surface area contributed by atoms with Gasteiger partial charge in [0, 0.05) is 39.8 Å². The van der Waals surface area contributed by atoms with Crippen LogP contribution in [0.1, 0.15) is 32.1 Å². The van der Waals surface area contributed by atoms with Gasteiger partial charge in [-0.1, -0.05) is 12.8 Å². The number of hydrogen-bond donors (Lipinski definition) is 0. The number of ether oxygens (including phenoxy) is 1. The van der Waals surface area contributed by atoms with Crippen LogP contribution in [0.25, 0.3) is 0 Å². The third-order valence-electron chi connectivity index (χ3n) is 4.54. The van der Waals surface area contributed by atoms with Crippen molar-refractivity contribution >= 4 is 11.9 Å². The number of rotatable bonds is 4. The van der Waals surface area contributed by atoms with Crippen molar-refractivity contribution in [1.29, 1.82) is 0 Å². The molecular formula is C15H27N3O3. The van der Waals surface area contributed by atoms with Crippen LogP contribution in [0.3, 0.4) is 0 Å². The van der Waals surface area contributed by atoms with Gasteiger partial charge in [-0.05, 0) is 19.3 Å². The van der Waals surface area contributed by atoms with Gasteiger partial charge in [-0.3, -0.25) is 4.79 Å². The standard InChI is InChI=1S/C15H27N3O3/c1-16(13-6-3-4-7-13)15(20)18-9-5-8-17(10-11-21-2)14(19)12-18/h13H,3-12H2,1-2H3. The lowest BCUT2D eigenvalue weighted by atomic mass is 10.2. The highest BCUT2D eigenvalue weighted by molar-refractivity contribution is 5.84. The van der Waals surface area contributed by atoms with Crippen LogP contribution in [0.5, 0.6) is 0 Å². The van der Waals surface area contributed by atoms with E-state index in [0.29, 0.717) is 32.3 Å². The van der Waals surface area contributed by atoms with E-state index < -0.39 is 0 Å². The van der Waals surface area contributed by atoms with Crippen LogP contribution in [-0.2, 0) is 9.53 Å². The van der Waals surface area contributed by atoms with Crippen LogP contribution in [0.4, 0.5) is 4.79 Å². The zero-order valence-electron chi connectivity index (χ0n) is 13.2. The Morgan fingerprint density at radius 1 is 1.29 bits per heavy atom. The predicted octanol–water partition coefficient (Wildman–Crippen LogP) is 1.16. The zero-order valence-corrected chi connectivity index (χ0v) is 13.2. The normalized spacial score (nSPS) is 20.8. The van der Waals surface area contributed by atoms with E-state index in [-0.39, 0.29) is 18.5 Å². The lowest BCUT2D eigenvalue weighted by Crippen LogP contribution is -2.48. The van der Waals surface area contributed by atoms with E-state index >= 15 is 0 Å². The van der Waals surface area contributed by atoms with Gasteiger partial charge in [0.15, 0.2) is 0 Å². The summed E-state index contributed by atoms with van der Waals surface area (Å²) in [6.45, 7) is 2.71. The molecule has 1 aliphatic heterocycles. The average molecular weight is 297 g/mol. The van der Waals surface area contributed by atoms with Crippen molar-refractivity contribution in [2.45, 2.75) is 38.1 Å². The molecule has 0 atom stereocenters. The van der Waals surface area contributed by atoms with Gasteiger partial charge < -0.3 is 19.4 Å². The topological polar surface area (TPSA) is 53.1 Å². The third kappa shape index (κ3) is 4.09. The molecule has 3 amide bonds. The lowest BCUT2D eigenvalue weighted by Gasteiger charge is -2.30. The number of hydrogen-bond acceptors (Lipinski definition) is 3.